The van der Waals surface area contributed by atoms with Crippen molar-refractivity contribution in [2.45, 2.75) is 31.2 Å². The van der Waals surface area contributed by atoms with Crippen molar-refractivity contribution in [3.8, 4) is 0 Å². The minimum absolute atomic E-state index is 0.251. The number of anilines is 1. The van der Waals surface area contributed by atoms with E-state index in [1.165, 1.54) is 46.8 Å². The summed E-state index contributed by atoms with van der Waals surface area (Å²) in [6.07, 6.45) is 4.02. The number of rotatable bonds is 2. The van der Waals surface area contributed by atoms with Crippen molar-refractivity contribution in [1.82, 2.24) is 0 Å². The normalized spacial score (nSPS) is 29.9. The number of fused-ring (bicyclic) bond motifs is 9. The summed E-state index contributed by atoms with van der Waals surface area (Å²) in [6, 6.07) is 21.0. The van der Waals surface area contributed by atoms with Crippen molar-refractivity contribution < 1.29 is 9.90 Å². The van der Waals surface area contributed by atoms with Gasteiger partial charge in [0.15, 0.2) is 0 Å². The predicted molar refractivity (Wildman–Crippen MR) is 111 cm³/mol. The highest BCUT2D eigenvalue weighted by atomic mass is 16.4. The molecule has 0 saturated heterocycles. The molecule has 1 heterocycles. The van der Waals surface area contributed by atoms with E-state index < -0.39 is 5.97 Å². The summed E-state index contributed by atoms with van der Waals surface area (Å²) in [5, 5.41) is 15.7. The van der Waals surface area contributed by atoms with E-state index >= 15 is 0 Å². The molecule has 2 N–H and O–H groups in total. The third-order valence-corrected chi connectivity index (χ3v) is 7.50. The molecule has 0 radical (unpaired) electrons. The lowest BCUT2D eigenvalue weighted by Crippen LogP contribution is -2.35. The lowest BCUT2D eigenvalue weighted by atomic mass is 9.67. The van der Waals surface area contributed by atoms with Crippen LogP contribution >= 0.6 is 0 Å². The van der Waals surface area contributed by atoms with Crippen molar-refractivity contribution in [3.63, 3.8) is 0 Å². The number of carboxylic acids is 1. The second kappa shape index (κ2) is 5.84. The molecule has 0 aromatic heterocycles. The molecule has 3 aromatic carbocycles. The van der Waals surface area contributed by atoms with E-state index in [0.717, 1.165) is 11.8 Å². The molecule has 140 valence electrons. The van der Waals surface area contributed by atoms with E-state index in [0.29, 0.717) is 17.4 Å². The standard InChI is InChI=1S/C25H23NO2/c27-25(28)16-7-5-15(6-8-16)23-22-18-10-9-17(13-18)21(22)20-12-11-14-3-1-2-4-19(14)24(20)26-23/h1-8,11-12,17-18,21-23,26H,9-10,13H2,(H,27,28)/t17-,18-,21+,22+,23-/m0/s1. The first-order valence-electron chi connectivity index (χ1n) is 10.3. The molecule has 3 nitrogen and oxygen atoms in total. The molecule has 3 aliphatic rings. The second-order valence-electron chi connectivity index (χ2n) is 8.74. The first kappa shape index (κ1) is 16.2. The molecule has 2 saturated carbocycles. The van der Waals surface area contributed by atoms with Crippen molar-refractivity contribution in [2.75, 3.05) is 5.32 Å². The van der Waals surface area contributed by atoms with E-state index in [1.807, 2.05) is 12.1 Å². The number of carbonyl (C=O) groups is 1. The lowest BCUT2D eigenvalue weighted by Gasteiger charge is -2.44. The zero-order valence-electron chi connectivity index (χ0n) is 15.6. The Morgan fingerprint density at radius 3 is 2.54 bits per heavy atom. The Morgan fingerprint density at radius 1 is 0.929 bits per heavy atom. The van der Waals surface area contributed by atoms with Crippen LogP contribution in [-0.4, -0.2) is 11.1 Å². The van der Waals surface area contributed by atoms with E-state index in [4.69, 9.17) is 0 Å². The first-order chi connectivity index (χ1) is 13.7. The number of carboxylic acid groups (broad SMARTS) is 1. The molecule has 0 unspecified atom stereocenters. The van der Waals surface area contributed by atoms with Crippen LogP contribution in [0, 0.1) is 17.8 Å². The van der Waals surface area contributed by atoms with Gasteiger partial charge in [-0.15, -0.1) is 0 Å². The maximum absolute atomic E-state index is 11.3. The largest absolute Gasteiger partial charge is 0.478 e. The van der Waals surface area contributed by atoms with Gasteiger partial charge in [-0.25, -0.2) is 4.79 Å². The van der Waals surface area contributed by atoms with E-state index in [9.17, 15) is 9.90 Å². The number of nitrogens with one attached hydrogen (secondary N) is 1. The highest BCUT2D eigenvalue weighted by Gasteiger charge is 2.53. The lowest BCUT2D eigenvalue weighted by molar-refractivity contribution is 0.0697. The predicted octanol–water partition coefficient (Wildman–Crippen LogP) is 5.83. The Kier molecular flexibility index (Phi) is 3.37. The van der Waals surface area contributed by atoms with E-state index in [-0.39, 0.29) is 6.04 Å². The first-order valence-corrected chi connectivity index (χ1v) is 10.3. The quantitative estimate of drug-likeness (QED) is 0.597. The van der Waals surface area contributed by atoms with Crippen LogP contribution in [-0.2, 0) is 0 Å². The van der Waals surface area contributed by atoms with Crippen molar-refractivity contribution in [2.24, 2.45) is 17.8 Å². The van der Waals surface area contributed by atoms with E-state index in [2.05, 4.69) is 41.7 Å². The van der Waals surface area contributed by atoms with Gasteiger partial charge < -0.3 is 10.4 Å². The van der Waals surface area contributed by atoms with Gasteiger partial charge in [0.1, 0.15) is 0 Å². The maximum Gasteiger partial charge on any atom is 0.335 e. The van der Waals surface area contributed by atoms with Gasteiger partial charge in [0.2, 0.25) is 0 Å². The van der Waals surface area contributed by atoms with Gasteiger partial charge in [-0.2, -0.15) is 0 Å². The van der Waals surface area contributed by atoms with Crippen LogP contribution < -0.4 is 5.32 Å². The van der Waals surface area contributed by atoms with E-state index in [1.54, 1.807) is 12.1 Å². The van der Waals surface area contributed by atoms with Gasteiger partial charge in [0.25, 0.3) is 0 Å². The third kappa shape index (κ3) is 2.19. The summed E-state index contributed by atoms with van der Waals surface area (Å²) in [6.45, 7) is 0. The highest BCUT2D eigenvalue weighted by molar-refractivity contribution is 5.96. The molecule has 3 heteroatoms. The molecule has 0 spiro atoms. The van der Waals surface area contributed by atoms with Gasteiger partial charge >= 0.3 is 5.97 Å². The fourth-order valence-corrected chi connectivity index (χ4v) is 6.39. The van der Waals surface area contributed by atoms with Gasteiger partial charge in [-0.1, -0.05) is 48.5 Å². The van der Waals surface area contributed by atoms with Gasteiger partial charge in [0.05, 0.1) is 11.6 Å². The monoisotopic (exact) mass is 369 g/mol. The molecule has 28 heavy (non-hydrogen) atoms. The Morgan fingerprint density at radius 2 is 1.71 bits per heavy atom. The summed E-state index contributed by atoms with van der Waals surface area (Å²) in [7, 11) is 0. The molecule has 3 aromatic rings. The number of hydrogen-bond donors (Lipinski definition) is 2. The summed E-state index contributed by atoms with van der Waals surface area (Å²) < 4.78 is 0. The summed E-state index contributed by atoms with van der Waals surface area (Å²) in [4.78, 5) is 11.3. The van der Waals surface area contributed by atoms with Crippen molar-refractivity contribution >= 4 is 22.4 Å². The fraction of sp³-hybridized carbons (Fsp3) is 0.320. The minimum Gasteiger partial charge on any atom is -0.478 e. The molecule has 1 aliphatic heterocycles. The topological polar surface area (TPSA) is 49.3 Å². The molecule has 2 bridgehead atoms. The van der Waals surface area contributed by atoms with Crippen molar-refractivity contribution in [3.05, 3.63) is 77.4 Å². The second-order valence-corrected chi connectivity index (χ2v) is 8.74. The average molecular weight is 369 g/mol. The van der Waals surface area contributed by atoms with Crippen LogP contribution in [0.3, 0.4) is 0 Å². The summed E-state index contributed by atoms with van der Waals surface area (Å²) in [5.74, 6) is 1.91. The summed E-state index contributed by atoms with van der Waals surface area (Å²) in [5.41, 5.74) is 4.36. The van der Waals surface area contributed by atoms with Crippen LogP contribution in [0.25, 0.3) is 10.8 Å². The Bertz CT molecular complexity index is 1090. The Labute approximate surface area is 164 Å². The highest BCUT2D eigenvalue weighted by Crippen LogP contribution is 2.64. The molecule has 0 amide bonds. The molecular weight excluding hydrogens is 346 g/mol. The van der Waals surface area contributed by atoms with Gasteiger partial charge in [0, 0.05) is 11.1 Å². The number of aromatic carboxylic acids is 1. The van der Waals surface area contributed by atoms with Gasteiger partial charge in [-0.05, 0) is 71.6 Å². The van der Waals surface area contributed by atoms with Crippen LogP contribution in [0.4, 0.5) is 5.69 Å². The zero-order chi connectivity index (χ0) is 18.8. The third-order valence-electron chi connectivity index (χ3n) is 7.50. The number of hydrogen-bond acceptors (Lipinski definition) is 2. The van der Waals surface area contributed by atoms with Gasteiger partial charge in [-0.3, -0.25) is 0 Å². The smallest absolute Gasteiger partial charge is 0.335 e. The minimum atomic E-state index is -0.864. The zero-order valence-corrected chi connectivity index (χ0v) is 15.6. The molecule has 2 aliphatic carbocycles. The molecular formula is C25H23NO2. The van der Waals surface area contributed by atoms with Crippen LogP contribution in [0.15, 0.2) is 60.7 Å². The maximum atomic E-state index is 11.3. The Balaban J connectivity index is 1.51. The molecule has 2 fully saturated rings. The van der Waals surface area contributed by atoms with Crippen LogP contribution in [0.1, 0.15) is 52.7 Å². The molecule has 6 rings (SSSR count). The Hall–Kier alpha value is -2.81. The van der Waals surface area contributed by atoms with Crippen molar-refractivity contribution in [1.29, 1.82) is 0 Å². The average Bonchev–Trinajstić information content (AvgIpc) is 3.35. The summed E-state index contributed by atoms with van der Waals surface area (Å²) >= 11 is 0. The molecule has 5 atom stereocenters. The SMILES string of the molecule is O=C(O)c1ccc([C@@H]2Nc3c(ccc4ccccc34)[C@H]3[C@H]4CC[C@@H](C4)[C@H]32)cc1. The number of benzene rings is 3. The van der Waals surface area contributed by atoms with Crippen LogP contribution in [0.2, 0.25) is 0 Å². The fourth-order valence-electron chi connectivity index (χ4n) is 6.39. The van der Waals surface area contributed by atoms with Crippen LogP contribution in [0.5, 0.6) is 0 Å².